The minimum atomic E-state index is -0.394. The average Bonchev–Trinajstić information content (AvgIpc) is 2.68. The van der Waals surface area contributed by atoms with Crippen LogP contribution in [0, 0.1) is 5.41 Å². The van der Waals surface area contributed by atoms with Crippen LogP contribution in [0.3, 0.4) is 0 Å². The Bertz CT molecular complexity index is 471. The minimum Gasteiger partial charge on any atom is -0.465 e. The normalized spacial score (nSPS) is 17.8. The van der Waals surface area contributed by atoms with E-state index in [4.69, 9.17) is 10.5 Å². The Morgan fingerprint density at radius 1 is 1.56 bits per heavy atom. The van der Waals surface area contributed by atoms with Crippen LogP contribution in [-0.2, 0) is 4.74 Å². The second-order valence-electron chi connectivity index (χ2n) is 5.47. The number of aromatic nitrogens is 1. The molecule has 0 aromatic carbocycles. The van der Waals surface area contributed by atoms with Crippen molar-refractivity contribution in [2.24, 2.45) is 5.41 Å². The van der Waals surface area contributed by atoms with Crippen molar-refractivity contribution in [2.45, 2.75) is 20.3 Å². The Kier molecular flexibility index (Phi) is 3.15. The van der Waals surface area contributed by atoms with Crippen LogP contribution in [0.2, 0.25) is 0 Å². The molecule has 1 saturated heterocycles. The highest BCUT2D eigenvalue weighted by atomic mass is 16.5. The number of nitrogens with two attached hydrogens (primary N) is 1. The molecule has 1 aromatic rings. The van der Waals surface area contributed by atoms with E-state index < -0.39 is 5.97 Å². The molecule has 2 N–H and O–H groups in total. The molecule has 5 nitrogen and oxygen atoms in total. The molecule has 0 spiro atoms. The smallest absolute Gasteiger partial charge is 0.341 e. The molecular weight excluding hydrogens is 230 g/mol. The summed E-state index contributed by atoms with van der Waals surface area (Å²) in [5.41, 5.74) is 6.84. The third-order valence-corrected chi connectivity index (χ3v) is 3.27. The fraction of sp³-hybridized carbons (Fsp3) is 0.538. The number of carbonyl (C=O) groups is 1. The molecule has 2 heterocycles. The predicted molar refractivity (Wildman–Crippen MR) is 70.6 cm³/mol. The molecule has 1 aliphatic rings. The highest BCUT2D eigenvalue weighted by Gasteiger charge is 2.32. The van der Waals surface area contributed by atoms with Crippen LogP contribution in [0.5, 0.6) is 0 Å². The van der Waals surface area contributed by atoms with Crippen molar-refractivity contribution in [2.75, 3.05) is 30.8 Å². The van der Waals surface area contributed by atoms with Crippen LogP contribution in [0.15, 0.2) is 12.3 Å². The number of anilines is 2. The third-order valence-electron chi connectivity index (χ3n) is 3.27. The van der Waals surface area contributed by atoms with Gasteiger partial charge in [0.15, 0.2) is 0 Å². The van der Waals surface area contributed by atoms with Crippen LogP contribution in [-0.4, -0.2) is 31.2 Å². The lowest BCUT2D eigenvalue weighted by molar-refractivity contribution is 0.0601. The lowest BCUT2D eigenvalue weighted by Gasteiger charge is -2.22. The molecule has 18 heavy (non-hydrogen) atoms. The monoisotopic (exact) mass is 249 g/mol. The van der Waals surface area contributed by atoms with Gasteiger partial charge in [0.25, 0.3) is 0 Å². The molecule has 1 fully saturated rings. The maximum Gasteiger partial charge on any atom is 0.341 e. The molecule has 1 aliphatic heterocycles. The van der Waals surface area contributed by atoms with Crippen LogP contribution < -0.4 is 10.6 Å². The summed E-state index contributed by atoms with van der Waals surface area (Å²) in [6.07, 6.45) is 2.66. The Morgan fingerprint density at radius 2 is 2.28 bits per heavy atom. The summed E-state index contributed by atoms with van der Waals surface area (Å²) < 4.78 is 4.78. The quantitative estimate of drug-likeness (QED) is 0.808. The summed E-state index contributed by atoms with van der Waals surface area (Å²) in [5, 5.41) is 0. The molecule has 1 aromatic heterocycles. The van der Waals surface area contributed by atoms with E-state index in [0.29, 0.717) is 17.1 Å². The maximum atomic E-state index is 11.8. The SMILES string of the molecule is COC(=O)c1cc(N)cnc1N1CCC(C)(C)C1. The molecule has 2 rings (SSSR count). The molecule has 0 radical (unpaired) electrons. The molecule has 0 amide bonds. The largest absolute Gasteiger partial charge is 0.465 e. The number of ether oxygens (including phenoxy) is 1. The van der Waals surface area contributed by atoms with E-state index in [9.17, 15) is 4.79 Å². The van der Waals surface area contributed by atoms with Gasteiger partial charge in [-0.3, -0.25) is 0 Å². The number of nitrogen functional groups attached to an aromatic ring is 1. The van der Waals surface area contributed by atoms with Gasteiger partial charge in [-0.2, -0.15) is 0 Å². The Morgan fingerprint density at radius 3 is 2.83 bits per heavy atom. The van der Waals surface area contributed by atoms with Crippen molar-refractivity contribution in [3.63, 3.8) is 0 Å². The number of hydrogen-bond donors (Lipinski definition) is 1. The second kappa shape index (κ2) is 4.48. The van der Waals surface area contributed by atoms with Gasteiger partial charge in [0, 0.05) is 13.1 Å². The third kappa shape index (κ3) is 2.39. The Labute approximate surface area is 107 Å². The van der Waals surface area contributed by atoms with E-state index >= 15 is 0 Å². The lowest BCUT2D eigenvalue weighted by atomic mass is 9.93. The van der Waals surface area contributed by atoms with E-state index in [1.807, 2.05) is 0 Å². The van der Waals surface area contributed by atoms with Crippen LogP contribution >= 0.6 is 0 Å². The highest BCUT2D eigenvalue weighted by molar-refractivity contribution is 5.95. The average molecular weight is 249 g/mol. The van der Waals surface area contributed by atoms with E-state index in [2.05, 4.69) is 23.7 Å². The summed E-state index contributed by atoms with van der Waals surface area (Å²) in [4.78, 5) is 18.2. The molecular formula is C13H19N3O2. The summed E-state index contributed by atoms with van der Waals surface area (Å²) in [5.74, 6) is 0.274. The van der Waals surface area contributed by atoms with Crippen molar-refractivity contribution >= 4 is 17.5 Å². The van der Waals surface area contributed by atoms with Crippen molar-refractivity contribution in [3.05, 3.63) is 17.8 Å². The van der Waals surface area contributed by atoms with Crippen molar-refractivity contribution in [1.82, 2.24) is 4.98 Å². The van der Waals surface area contributed by atoms with Crippen molar-refractivity contribution in [3.8, 4) is 0 Å². The molecule has 0 unspecified atom stereocenters. The highest BCUT2D eigenvalue weighted by Crippen LogP contribution is 2.33. The summed E-state index contributed by atoms with van der Waals surface area (Å²) in [7, 11) is 1.36. The van der Waals surface area contributed by atoms with Gasteiger partial charge < -0.3 is 15.4 Å². The Hall–Kier alpha value is -1.78. The number of carbonyl (C=O) groups excluding carboxylic acids is 1. The molecule has 0 bridgehead atoms. The van der Waals surface area contributed by atoms with Gasteiger partial charge in [0.2, 0.25) is 0 Å². The first-order valence-electron chi connectivity index (χ1n) is 6.02. The van der Waals surface area contributed by atoms with Crippen molar-refractivity contribution < 1.29 is 9.53 Å². The Balaban J connectivity index is 2.36. The molecule has 5 heteroatoms. The number of rotatable bonds is 2. The molecule has 98 valence electrons. The summed E-state index contributed by atoms with van der Waals surface area (Å²) in [6.45, 7) is 6.20. The van der Waals surface area contributed by atoms with Gasteiger partial charge in [0.1, 0.15) is 11.4 Å². The van der Waals surface area contributed by atoms with Crippen LogP contribution in [0.25, 0.3) is 0 Å². The van der Waals surface area contributed by atoms with E-state index in [-0.39, 0.29) is 5.41 Å². The molecule has 0 aliphatic carbocycles. The predicted octanol–water partition coefficient (Wildman–Crippen LogP) is 1.69. The zero-order valence-electron chi connectivity index (χ0n) is 11.1. The second-order valence-corrected chi connectivity index (χ2v) is 5.47. The fourth-order valence-corrected chi connectivity index (χ4v) is 2.28. The number of pyridine rings is 1. The van der Waals surface area contributed by atoms with Crippen LogP contribution in [0.1, 0.15) is 30.6 Å². The summed E-state index contributed by atoms with van der Waals surface area (Å²) in [6, 6.07) is 1.62. The number of nitrogens with zero attached hydrogens (tertiary/aromatic N) is 2. The lowest BCUT2D eigenvalue weighted by Crippen LogP contribution is -2.26. The molecule has 0 atom stereocenters. The first-order chi connectivity index (χ1) is 8.43. The van der Waals surface area contributed by atoms with E-state index in [1.165, 1.54) is 7.11 Å². The number of esters is 1. The minimum absolute atomic E-state index is 0.246. The van der Waals surface area contributed by atoms with Gasteiger partial charge >= 0.3 is 5.97 Å². The topological polar surface area (TPSA) is 68.5 Å². The zero-order valence-corrected chi connectivity index (χ0v) is 11.1. The first kappa shape index (κ1) is 12.7. The van der Waals surface area contributed by atoms with Gasteiger partial charge in [-0.05, 0) is 17.9 Å². The first-order valence-corrected chi connectivity index (χ1v) is 6.02. The molecule has 0 saturated carbocycles. The zero-order chi connectivity index (χ0) is 13.3. The van der Waals surface area contributed by atoms with E-state index in [1.54, 1.807) is 12.3 Å². The van der Waals surface area contributed by atoms with Gasteiger partial charge in [-0.25, -0.2) is 9.78 Å². The van der Waals surface area contributed by atoms with Gasteiger partial charge in [-0.15, -0.1) is 0 Å². The van der Waals surface area contributed by atoms with Crippen molar-refractivity contribution in [1.29, 1.82) is 0 Å². The maximum absolute atomic E-state index is 11.8. The fourth-order valence-electron chi connectivity index (χ4n) is 2.28. The number of methoxy groups -OCH3 is 1. The van der Waals surface area contributed by atoms with Gasteiger partial charge in [-0.1, -0.05) is 13.8 Å². The van der Waals surface area contributed by atoms with E-state index in [0.717, 1.165) is 19.5 Å². The number of hydrogen-bond acceptors (Lipinski definition) is 5. The van der Waals surface area contributed by atoms with Crippen LogP contribution in [0.4, 0.5) is 11.5 Å². The summed E-state index contributed by atoms with van der Waals surface area (Å²) >= 11 is 0. The standard InChI is InChI=1S/C13H19N3O2/c1-13(2)4-5-16(8-13)11-10(12(17)18-3)6-9(14)7-15-11/h6-7H,4-5,8,14H2,1-3H3. The van der Waals surface area contributed by atoms with Gasteiger partial charge in [0.05, 0.1) is 19.0 Å².